The van der Waals surface area contributed by atoms with Gasteiger partial charge in [-0.15, -0.1) is 0 Å². The van der Waals surface area contributed by atoms with Crippen LogP contribution in [0.2, 0.25) is 0 Å². The SMILES string of the molecule is CC(C)N(CC(=O)Nc1cccc(Br)c1F)C(=O)Cn1nc(C(N)=O)c2ccccc21. The molecule has 2 aromatic carbocycles. The van der Waals surface area contributed by atoms with Crippen molar-refractivity contribution in [1.82, 2.24) is 14.7 Å². The van der Waals surface area contributed by atoms with Crippen LogP contribution >= 0.6 is 15.9 Å². The zero-order valence-corrected chi connectivity index (χ0v) is 18.5. The molecular formula is C21H21BrFN5O3. The van der Waals surface area contributed by atoms with Crippen LogP contribution in [0.25, 0.3) is 10.9 Å². The van der Waals surface area contributed by atoms with E-state index in [0.717, 1.165) is 0 Å². The number of fused-ring (bicyclic) bond motifs is 1. The normalized spacial score (nSPS) is 11.0. The molecule has 0 saturated carbocycles. The van der Waals surface area contributed by atoms with Gasteiger partial charge >= 0.3 is 0 Å². The number of hydrogen-bond donors (Lipinski definition) is 2. The average molecular weight is 490 g/mol. The Hall–Kier alpha value is -3.27. The molecular weight excluding hydrogens is 469 g/mol. The molecule has 3 N–H and O–H groups in total. The van der Waals surface area contributed by atoms with Gasteiger partial charge in [-0.05, 0) is 48.0 Å². The molecule has 0 saturated heterocycles. The van der Waals surface area contributed by atoms with Gasteiger partial charge in [-0.2, -0.15) is 5.10 Å². The number of benzene rings is 2. The zero-order chi connectivity index (χ0) is 22.7. The van der Waals surface area contributed by atoms with Gasteiger partial charge in [0.1, 0.15) is 13.1 Å². The third kappa shape index (κ3) is 4.91. The van der Waals surface area contributed by atoms with Crippen LogP contribution in [0.5, 0.6) is 0 Å². The van der Waals surface area contributed by atoms with Crippen molar-refractivity contribution in [3.63, 3.8) is 0 Å². The van der Waals surface area contributed by atoms with Crippen LogP contribution in [-0.2, 0) is 16.1 Å². The van der Waals surface area contributed by atoms with E-state index in [9.17, 15) is 18.8 Å². The van der Waals surface area contributed by atoms with Crippen molar-refractivity contribution >= 4 is 50.2 Å². The Balaban J connectivity index is 1.78. The van der Waals surface area contributed by atoms with Crippen LogP contribution in [0, 0.1) is 5.82 Å². The largest absolute Gasteiger partial charge is 0.364 e. The van der Waals surface area contributed by atoms with Gasteiger partial charge in [0.25, 0.3) is 5.91 Å². The number of halogens is 2. The molecule has 0 aliphatic heterocycles. The highest BCUT2D eigenvalue weighted by molar-refractivity contribution is 9.10. The van der Waals surface area contributed by atoms with Gasteiger partial charge in [0.05, 0.1) is 15.7 Å². The summed E-state index contributed by atoms with van der Waals surface area (Å²) in [6, 6.07) is 11.2. The second kappa shape index (κ2) is 9.25. The topological polar surface area (TPSA) is 110 Å². The van der Waals surface area contributed by atoms with E-state index in [4.69, 9.17) is 5.73 Å². The summed E-state index contributed by atoms with van der Waals surface area (Å²) in [7, 11) is 0. The lowest BCUT2D eigenvalue weighted by Crippen LogP contribution is -2.44. The molecule has 31 heavy (non-hydrogen) atoms. The van der Waals surface area contributed by atoms with E-state index < -0.39 is 17.6 Å². The van der Waals surface area contributed by atoms with Crippen LogP contribution in [0.3, 0.4) is 0 Å². The lowest BCUT2D eigenvalue weighted by atomic mass is 10.2. The first-order valence-corrected chi connectivity index (χ1v) is 10.3. The second-order valence-electron chi connectivity index (χ2n) is 7.15. The highest BCUT2D eigenvalue weighted by atomic mass is 79.9. The molecule has 0 aliphatic carbocycles. The first kappa shape index (κ1) is 22.4. The fraction of sp³-hybridized carbons (Fsp3) is 0.238. The molecule has 162 valence electrons. The van der Waals surface area contributed by atoms with Gasteiger partial charge in [0.15, 0.2) is 11.5 Å². The van der Waals surface area contributed by atoms with Crippen LogP contribution in [0.15, 0.2) is 46.9 Å². The number of nitrogens with zero attached hydrogens (tertiary/aromatic N) is 3. The number of carbonyl (C=O) groups excluding carboxylic acids is 3. The maximum atomic E-state index is 14.1. The lowest BCUT2D eigenvalue weighted by molar-refractivity contribution is -0.137. The number of carbonyl (C=O) groups is 3. The summed E-state index contributed by atoms with van der Waals surface area (Å²) in [5.74, 6) is -2.22. The van der Waals surface area contributed by atoms with Crippen LogP contribution in [0.1, 0.15) is 24.3 Å². The highest BCUT2D eigenvalue weighted by Gasteiger charge is 2.23. The second-order valence-corrected chi connectivity index (χ2v) is 8.01. The number of rotatable bonds is 7. The molecule has 0 radical (unpaired) electrons. The highest BCUT2D eigenvalue weighted by Crippen LogP contribution is 2.22. The summed E-state index contributed by atoms with van der Waals surface area (Å²) in [6.07, 6.45) is 0. The predicted molar refractivity (Wildman–Crippen MR) is 118 cm³/mol. The minimum atomic E-state index is -0.696. The Kier molecular flexibility index (Phi) is 6.69. The molecule has 0 fully saturated rings. The molecule has 0 bridgehead atoms. The molecule has 3 rings (SSSR count). The molecule has 1 heterocycles. The minimum Gasteiger partial charge on any atom is -0.364 e. The Morgan fingerprint density at radius 1 is 1.19 bits per heavy atom. The summed E-state index contributed by atoms with van der Waals surface area (Å²) in [4.78, 5) is 38.5. The zero-order valence-electron chi connectivity index (χ0n) is 16.9. The number of hydrogen-bond acceptors (Lipinski definition) is 4. The minimum absolute atomic E-state index is 0.0136. The summed E-state index contributed by atoms with van der Waals surface area (Å²) in [5.41, 5.74) is 6.06. The third-order valence-electron chi connectivity index (χ3n) is 4.66. The smallest absolute Gasteiger partial charge is 0.269 e. The third-order valence-corrected chi connectivity index (χ3v) is 5.27. The van der Waals surface area contributed by atoms with E-state index in [-0.39, 0.29) is 40.9 Å². The molecule has 3 amide bonds. The first-order valence-electron chi connectivity index (χ1n) is 9.47. The number of aromatic nitrogens is 2. The Morgan fingerprint density at radius 2 is 1.90 bits per heavy atom. The molecule has 0 spiro atoms. The standard InChI is InChI=1S/C21H21BrFN5O3/c1-12(2)27(10-17(29)25-15-8-5-7-14(22)19(15)23)18(30)11-28-16-9-4-3-6-13(16)20(26-28)21(24)31/h3-9,12H,10-11H2,1-2H3,(H2,24,31)(H,25,29). The van der Waals surface area contributed by atoms with Gasteiger partial charge in [0.2, 0.25) is 11.8 Å². The van der Waals surface area contributed by atoms with E-state index in [1.54, 1.807) is 44.2 Å². The van der Waals surface area contributed by atoms with Gasteiger partial charge in [-0.3, -0.25) is 19.1 Å². The molecule has 10 heteroatoms. The van der Waals surface area contributed by atoms with Crippen molar-refractivity contribution in [2.75, 3.05) is 11.9 Å². The fourth-order valence-corrected chi connectivity index (χ4v) is 3.52. The summed E-state index contributed by atoms with van der Waals surface area (Å²) < 4.78 is 15.7. The maximum absolute atomic E-state index is 14.1. The number of anilines is 1. The van der Waals surface area contributed by atoms with E-state index in [1.807, 2.05) is 0 Å². The number of nitrogens with two attached hydrogens (primary N) is 1. The van der Waals surface area contributed by atoms with Crippen molar-refractivity contribution < 1.29 is 18.8 Å². The van der Waals surface area contributed by atoms with Crippen LogP contribution < -0.4 is 11.1 Å². The number of para-hydroxylation sites is 1. The van der Waals surface area contributed by atoms with Gasteiger partial charge in [-0.25, -0.2) is 4.39 Å². The van der Waals surface area contributed by atoms with E-state index in [1.165, 1.54) is 21.7 Å². The monoisotopic (exact) mass is 489 g/mol. The number of amides is 3. The summed E-state index contributed by atoms with van der Waals surface area (Å²) in [5, 5.41) is 7.20. The molecule has 8 nitrogen and oxygen atoms in total. The van der Waals surface area contributed by atoms with Crippen molar-refractivity contribution in [1.29, 1.82) is 0 Å². The fourth-order valence-electron chi connectivity index (χ4n) is 3.15. The van der Waals surface area contributed by atoms with Crippen molar-refractivity contribution in [2.45, 2.75) is 26.4 Å². The van der Waals surface area contributed by atoms with Gasteiger partial charge in [0, 0.05) is 11.4 Å². The van der Waals surface area contributed by atoms with E-state index in [2.05, 4.69) is 26.3 Å². The maximum Gasteiger partial charge on any atom is 0.269 e. The van der Waals surface area contributed by atoms with Gasteiger partial charge in [-0.1, -0.05) is 24.3 Å². The molecule has 0 aliphatic rings. The Bertz CT molecular complexity index is 1160. The van der Waals surface area contributed by atoms with Crippen molar-refractivity contribution in [3.05, 3.63) is 58.4 Å². The first-order chi connectivity index (χ1) is 14.7. The van der Waals surface area contributed by atoms with E-state index >= 15 is 0 Å². The van der Waals surface area contributed by atoms with Gasteiger partial charge < -0.3 is 16.0 Å². The van der Waals surface area contributed by atoms with Crippen LogP contribution in [0.4, 0.5) is 10.1 Å². The molecule has 0 atom stereocenters. The van der Waals surface area contributed by atoms with E-state index in [0.29, 0.717) is 10.9 Å². The average Bonchev–Trinajstić information content (AvgIpc) is 3.08. The molecule has 1 aromatic heterocycles. The molecule has 0 unspecified atom stereocenters. The Labute approximate surface area is 186 Å². The Morgan fingerprint density at radius 3 is 2.58 bits per heavy atom. The lowest BCUT2D eigenvalue weighted by Gasteiger charge is -2.26. The number of nitrogens with one attached hydrogen (secondary N) is 1. The summed E-state index contributed by atoms with van der Waals surface area (Å²) in [6.45, 7) is 3.07. The predicted octanol–water partition coefficient (Wildman–Crippen LogP) is 2.91. The van der Waals surface area contributed by atoms with Crippen molar-refractivity contribution in [3.8, 4) is 0 Å². The summed E-state index contributed by atoms with van der Waals surface area (Å²) >= 11 is 3.07. The molecule has 3 aromatic rings. The number of primary amides is 1. The quantitative estimate of drug-likeness (QED) is 0.531. The van der Waals surface area contributed by atoms with Crippen molar-refractivity contribution in [2.24, 2.45) is 5.73 Å². The van der Waals surface area contributed by atoms with Crippen LogP contribution in [-0.4, -0.2) is 45.0 Å².